The molecule has 4 aromatic rings. The highest BCUT2D eigenvalue weighted by Gasteiger charge is 2.20. The Hall–Kier alpha value is -4.30. The normalized spacial score (nSPS) is 11.6. The zero-order chi connectivity index (χ0) is 27.2. The van der Waals surface area contributed by atoms with Crippen LogP contribution in [0.2, 0.25) is 5.02 Å². The summed E-state index contributed by atoms with van der Waals surface area (Å²) in [5.74, 6) is 0.234. The standard InChI is InChI=1S/C29H27ClN2O6/c1-17(23-6-4-5-7-24(23)30)37-29(35)31-27-18(2)38-32-28(27)21-11-8-19(9-12-21)14-22-15-20(16-26(33)34)10-13-25(22)36-3/h4-13,15,17H,14,16H2,1-3H3,(H,31,35)(H,33,34). The van der Waals surface area contributed by atoms with Crippen LogP contribution in [-0.2, 0) is 22.4 Å². The van der Waals surface area contributed by atoms with Crippen molar-refractivity contribution in [2.75, 3.05) is 12.4 Å². The highest BCUT2D eigenvalue weighted by Crippen LogP contribution is 2.32. The first-order chi connectivity index (χ1) is 18.2. The summed E-state index contributed by atoms with van der Waals surface area (Å²) < 4.78 is 16.3. The van der Waals surface area contributed by atoms with Gasteiger partial charge in [0.25, 0.3) is 0 Å². The number of aliphatic carboxylic acids is 1. The summed E-state index contributed by atoms with van der Waals surface area (Å²) in [6.45, 7) is 3.45. The van der Waals surface area contributed by atoms with Crippen molar-refractivity contribution in [3.63, 3.8) is 0 Å². The third-order valence-electron chi connectivity index (χ3n) is 6.04. The number of aromatic nitrogens is 1. The summed E-state index contributed by atoms with van der Waals surface area (Å²) in [5.41, 5.74) is 4.90. The van der Waals surface area contributed by atoms with E-state index < -0.39 is 18.2 Å². The van der Waals surface area contributed by atoms with Crippen molar-refractivity contribution in [2.45, 2.75) is 32.8 Å². The van der Waals surface area contributed by atoms with Gasteiger partial charge in [-0.15, -0.1) is 0 Å². The van der Waals surface area contributed by atoms with Crippen molar-refractivity contribution in [3.8, 4) is 17.0 Å². The number of hydrogen-bond acceptors (Lipinski definition) is 6. The minimum absolute atomic E-state index is 0.0587. The van der Waals surface area contributed by atoms with Crippen LogP contribution in [0, 0.1) is 6.92 Å². The van der Waals surface area contributed by atoms with Crippen LogP contribution in [-0.4, -0.2) is 29.4 Å². The van der Waals surface area contributed by atoms with Crippen LogP contribution in [0.25, 0.3) is 11.3 Å². The number of nitrogens with one attached hydrogen (secondary N) is 1. The number of ether oxygens (including phenoxy) is 2. The molecule has 0 aliphatic heterocycles. The molecule has 4 rings (SSSR count). The smallest absolute Gasteiger partial charge is 0.412 e. The molecule has 0 saturated carbocycles. The summed E-state index contributed by atoms with van der Waals surface area (Å²) in [4.78, 5) is 23.8. The number of carboxylic acids is 1. The maximum Gasteiger partial charge on any atom is 0.412 e. The molecule has 2 N–H and O–H groups in total. The van der Waals surface area contributed by atoms with Gasteiger partial charge in [0.15, 0.2) is 5.76 Å². The highest BCUT2D eigenvalue weighted by atomic mass is 35.5. The van der Waals surface area contributed by atoms with E-state index >= 15 is 0 Å². The molecule has 0 bridgehead atoms. The zero-order valence-electron chi connectivity index (χ0n) is 21.2. The van der Waals surface area contributed by atoms with E-state index in [0.717, 1.165) is 16.7 Å². The second kappa shape index (κ2) is 11.8. The molecule has 0 aliphatic rings. The number of hydrogen-bond donors (Lipinski definition) is 2. The van der Waals surface area contributed by atoms with Gasteiger partial charge in [0, 0.05) is 22.6 Å². The molecule has 0 radical (unpaired) electrons. The van der Waals surface area contributed by atoms with E-state index in [-0.39, 0.29) is 6.42 Å². The number of benzene rings is 3. The zero-order valence-corrected chi connectivity index (χ0v) is 21.9. The number of carbonyl (C=O) groups excluding carboxylic acids is 1. The van der Waals surface area contributed by atoms with Gasteiger partial charge in [-0.05, 0) is 42.7 Å². The van der Waals surface area contributed by atoms with Crippen LogP contribution in [0.5, 0.6) is 5.75 Å². The van der Waals surface area contributed by atoms with Gasteiger partial charge in [0.05, 0.1) is 13.5 Å². The second-order valence-electron chi connectivity index (χ2n) is 8.75. The number of anilines is 1. The van der Waals surface area contributed by atoms with Crippen molar-refractivity contribution >= 4 is 29.4 Å². The summed E-state index contributed by atoms with van der Waals surface area (Å²) in [5, 5.41) is 16.5. The van der Waals surface area contributed by atoms with Crippen molar-refractivity contribution in [2.24, 2.45) is 0 Å². The van der Waals surface area contributed by atoms with Gasteiger partial charge in [-0.25, -0.2) is 4.79 Å². The molecular weight excluding hydrogens is 508 g/mol. The summed E-state index contributed by atoms with van der Waals surface area (Å²) in [6.07, 6.45) is -0.726. The Bertz CT molecular complexity index is 1450. The van der Waals surface area contributed by atoms with E-state index in [4.69, 9.17) is 30.7 Å². The third kappa shape index (κ3) is 6.33. The van der Waals surface area contributed by atoms with Gasteiger partial charge in [0.1, 0.15) is 23.2 Å². The number of rotatable bonds is 9. The predicted molar refractivity (Wildman–Crippen MR) is 144 cm³/mol. The predicted octanol–water partition coefficient (Wildman–Crippen LogP) is 6.84. The van der Waals surface area contributed by atoms with Crippen molar-refractivity contribution in [1.29, 1.82) is 0 Å². The van der Waals surface area contributed by atoms with Crippen LogP contribution in [0.1, 0.15) is 41.0 Å². The molecular formula is C29H27ClN2O6. The fourth-order valence-electron chi connectivity index (χ4n) is 4.13. The van der Waals surface area contributed by atoms with Crippen LogP contribution in [0.15, 0.2) is 71.3 Å². The number of nitrogens with zero attached hydrogens (tertiary/aromatic N) is 1. The monoisotopic (exact) mass is 534 g/mol. The second-order valence-corrected chi connectivity index (χ2v) is 9.15. The lowest BCUT2D eigenvalue weighted by Crippen LogP contribution is -2.17. The van der Waals surface area contributed by atoms with Crippen molar-refractivity contribution < 1.29 is 28.7 Å². The Morgan fingerprint density at radius 2 is 1.79 bits per heavy atom. The first-order valence-corrected chi connectivity index (χ1v) is 12.3. The molecule has 0 saturated heterocycles. The van der Waals surface area contributed by atoms with E-state index in [1.807, 2.05) is 42.5 Å². The molecule has 1 aromatic heterocycles. The summed E-state index contributed by atoms with van der Waals surface area (Å²) >= 11 is 6.22. The fourth-order valence-corrected chi connectivity index (χ4v) is 4.42. The maximum atomic E-state index is 12.7. The van der Waals surface area contributed by atoms with Gasteiger partial charge in [-0.1, -0.05) is 71.4 Å². The van der Waals surface area contributed by atoms with Crippen LogP contribution in [0.4, 0.5) is 10.5 Å². The molecule has 1 unspecified atom stereocenters. The Morgan fingerprint density at radius 1 is 1.08 bits per heavy atom. The van der Waals surface area contributed by atoms with E-state index in [9.17, 15) is 9.59 Å². The van der Waals surface area contributed by atoms with Crippen LogP contribution < -0.4 is 10.1 Å². The molecule has 1 amide bonds. The largest absolute Gasteiger partial charge is 0.496 e. The van der Waals surface area contributed by atoms with Gasteiger partial charge < -0.3 is 19.1 Å². The Balaban J connectivity index is 1.49. The number of carboxylic acid groups (broad SMARTS) is 1. The summed E-state index contributed by atoms with van der Waals surface area (Å²) in [7, 11) is 1.58. The molecule has 38 heavy (non-hydrogen) atoms. The first kappa shape index (κ1) is 26.8. The molecule has 0 spiro atoms. The lowest BCUT2D eigenvalue weighted by molar-refractivity contribution is -0.136. The number of halogens is 1. The number of carbonyl (C=O) groups is 2. The van der Waals surface area contributed by atoms with Gasteiger partial charge in [-0.3, -0.25) is 10.1 Å². The quantitative estimate of drug-likeness (QED) is 0.242. The average Bonchev–Trinajstić information content (AvgIpc) is 3.24. The Kier molecular flexibility index (Phi) is 8.33. The van der Waals surface area contributed by atoms with Gasteiger partial charge >= 0.3 is 12.1 Å². The molecule has 0 fully saturated rings. The lowest BCUT2D eigenvalue weighted by atomic mass is 9.99. The molecule has 9 heteroatoms. The molecule has 1 atom stereocenters. The fraction of sp³-hybridized carbons (Fsp3) is 0.207. The minimum Gasteiger partial charge on any atom is -0.496 e. The molecule has 3 aromatic carbocycles. The van der Waals surface area contributed by atoms with E-state index in [0.29, 0.717) is 45.5 Å². The van der Waals surface area contributed by atoms with Crippen LogP contribution >= 0.6 is 11.6 Å². The molecule has 8 nitrogen and oxygen atoms in total. The van der Waals surface area contributed by atoms with Gasteiger partial charge in [-0.2, -0.15) is 0 Å². The van der Waals surface area contributed by atoms with Gasteiger partial charge in [0.2, 0.25) is 0 Å². The highest BCUT2D eigenvalue weighted by molar-refractivity contribution is 6.31. The number of methoxy groups -OCH3 is 1. The van der Waals surface area contributed by atoms with E-state index in [2.05, 4.69) is 10.5 Å². The summed E-state index contributed by atoms with van der Waals surface area (Å²) in [6, 6.07) is 20.2. The molecule has 1 heterocycles. The molecule has 196 valence electrons. The Morgan fingerprint density at radius 3 is 2.47 bits per heavy atom. The molecule has 0 aliphatic carbocycles. The first-order valence-electron chi connectivity index (χ1n) is 11.9. The maximum absolute atomic E-state index is 12.7. The van der Waals surface area contributed by atoms with E-state index in [1.54, 1.807) is 45.2 Å². The minimum atomic E-state index is -0.889. The number of amides is 1. The van der Waals surface area contributed by atoms with Crippen molar-refractivity contribution in [1.82, 2.24) is 5.16 Å². The average molecular weight is 535 g/mol. The lowest BCUT2D eigenvalue weighted by Gasteiger charge is -2.15. The number of aryl methyl sites for hydroxylation is 1. The topological polar surface area (TPSA) is 111 Å². The van der Waals surface area contributed by atoms with Crippen LogP contribution in [0.3, 0.4) is 0 Å². The van der Waals surface area contributed by atoms with E-state index in [1.165, 1.54) is 0 Å². The SMILES string of the molecule is COc1ccc(CC(=O)O)cc1Cc1ccc(-c2noc(C)c2NC(=O)OC(C)c2ccccc2Cl)cc1. The van der Waals surface area contributed by atoms with Crippen molar-refractivity contribution in [3.05, 3.63) is 99.8 Å². The Labute approximate surface area is 225 Å². The third-order valence-corrected chi connectivity index (χ3v) is 6.38.